The van der Waals surface area contributed by atoms with E-state index in [1.54, 1.807) is 7.11 Å². The summed E-state index contributed by atoms with van der Waals surface area (Å²) in [5.41, 5.74) is 0. The lowest BCUT2D eigenvalue weighted by Gasteiger charge is -2.17. The minimum Gasteiger partial charge on any atom is -0.465 e. The molecule has 0 radical (unpaired) electrons. The number of unbranched alkanes of at least 4 members (excludes halogenated alkanes) is 13. The fourth-order valence-corrected chi connectivity index (χ4v) is 4.41. The summed E-state index contributed by atoms with van der Waals surface area (Å²) in [7, 11) is 4.03. The van der Waals surface area contributed by atoms with Crippen LogP contribution in [-0.2, 0) is 14.3 Å². The van der Waals surface area contributed by atoms with Crippen LogP contribution in [0.15, 0.2) is 0 Å². The van der Waals surface area contributed by atoms with E-state index in [4.69, 9.17) is 9.47 Å². The van der Waals surface area contributed by atoms with Gasteiger partial charge in [-0.15, -0.1) is 0 Å². The smallest absolute Gasteiger partial charge is 0.308 e. The van der Waals surface area contributed by atoms with Crippen LogP contribution in [0.2, 0.25) is 0 Å². The quantitative estimate of drug-likeness (QED) is 0.0945. The van der Waals surface area contributed by atoms with Crippen molar-refractivity contribution >= 4 is 5.97 Å². The molecule has 0 fully saturated rings. The highest BCUT2D eigenvalue weighted by molar-refractivity contribution is 5.72. The standard InChI is InChI=1S/C29H59NO3/c1-5-7-9-16-22-28(23-17-10-8-6-2)29(31)33-27-21-14-11-12-18-24-30(3)25-19-13-15-20-26-32-4/h28H,5-27H2,1-4H3. The molecular weight excluding hydrogens is 410 g/mol. The Hall–Kier alpha value is -0.610. The van der Waals surface area contributed by atoms with Crippen LogP contribution in [0.3, 0.4) is 0 Å². The number of hydrogen-bond donors (Lipinski definition) is 0. The Morgan fingerprint density at radius 3 is 1.61 bits per heavy atom. The molecule has 0 aliphatic heterocycles. The average Bonchev–Trinajstić information content (AvgIpc) is 2.81. The summed E-state index contributed by atoms with van der Waals surface area (Å²) in [6.07, 6.45) is 23.0. The summed E-state index contributed by atoms with van der Waals surface area (Å²) in [6, 6.07) is 0. The molecule has 0 aromatic rings. The summed E-state index contributed by atoms with van der Waals surface area (Å²) in [4.78, 5) is 15.1. The minimum absolute atomic E-state index is 0.0758. The van der Waals surface area contributed by atoms with E-state index in [0.29, 0.717) is 6.61 Å². The molecule has 0 aromatic carbocycles. The molecule has 0 atom stereocenters. The number of hydrogen-bond acceptors (Lipinski definition) is 4. The van der Waals surface area contributed by atoms with Crippen molar-refractivity contribution in [3.63, 3.8) is 0 Å². The molecule has 0 N–H and O–H groups in total. The molecule has 0 amide bonds. The Balaban J connectivity index is 3.74. The Labute approximate surface area is 207 Å². The van der Waals surface area contributed by atoms with Crippen LogP contribution >= 0.6 is 0 Å². The number of nitrogens with zero attached hydrogens (tertiary/aromatic N) is 1. The molecule has 0 aliphatic carbocycles. The van der Waals surface area contributed by atoms with Gasteiger partial charge in [-0.3, -0.25) is 4.79 Å². The SMILES string of the molecule is CCCCCCC(CCCCCC)C(=O)OCCCCCCCN(C)CCCCCCOC. The number of esters is 1. The summed E-state index contributed by atoms with van der Waals surface area (Å²) < 4.78 is 10.8. The summed E-state index contributed by atoms with van der Waals surface area (Å²) in [6.45, 7) is 8.39. The normalized spacial score (nSPS) is 11.6. The molecule has 0 unspecified atom stereocenters. The van der Waals surface area contributed by atoms with Crippen LogP contribution in [0.25, 0.3) is 0 Å². The Morgan fingerprint density at radius 2 is 1.09 bits per heavy atom. The summed E-state index contributed by atoms with van der Waals surface area (Å²) in [5.74, 6) is 0.209. The zero-order valence-electron chi connectivity index (χ0n) is 23.0. The van der Waals surface area contributed by atoms with Crippen molar-refractivity contribution in [3.05, 3.63) is 0 Å². The lowest BCUT2D eigenvalue weighted by Crippen LogP contribution is -2.20. The van der Waals surface area contributed by atoms with Crippen LogP contribution in [0.4, 0.5) is 0 Å². The highest BCUT2D eigenvalue weighted by Crippen LogP contribution is 2.20. The molecule has 0 rings (SSSR count). The third kappa shape index (κ3) is 22.9. The largest absolute Gasteiger partial charge is 0.465 e. The third-order valence-electron chi connectivity index (χ3n) is 6.71. The molecule has 0 bridgehead atoms. The van der Waals surface area contributed by atoms with Gasteiger partial charge in [0.2, 0.25) is 0 Å². The van der Waals surface area contributed by atoms with Crippen LogP contribution in [-0.4, -0.2) is 51.3 Å². The zero-order valence-corrected chi connectivity index (χ0v) is 23.0. The molecule has 4 heteroatoms. The van der Waals surface area contributed by atoms with Crippen molar-refractivity contribution in [2.24, 2.45) is 5.92 Å². The highest BCUT2D eigenvalue weighted by atomic mass is 16.5. The maximum atomic E-state index is 12.6. The van der Waals surface area contributed by atoms with E-state index >= 15 is 0 Å². The number of ether oxygens (including phenoxy) is 2. The Morgan fingerprint density at radius 1 is 0.636 bits per heavy atom. The van der Waals surface area contributed by atoms with Crippen molar-refractivity contribution in [1.29, 1.82) is 0 Å². The van der Waals surface area contributed by atoms with Crippen LogP contribution in [0.1, 0.15) is 136 Å². The van der Waals surface area contributed by atoms with Gasteiger partial charge in [0.05, 0.1) is 12.5 Å². The van der Waals surface area contributed by atoms with Gasteiger partial charge in [-0.1, -0.05) is 97.3 Å². The van der Waals surface area contributed by atoms with Crippen molar-refractivity contribution in [1.82, 2.24) is 4.90 Å². The second-order valence-electron chi connectivity index (χ2n) is 10.0. The van der Waals surface area contributed by atoms with Gasteiger partial charge in [0, 0.05) is 13.7 Å². The molecule has 4 nitrogen and oxygen atoms in total. The number of carbonyl (C=O) groups excluding carboxylic acids is 1. The van der Waals surface area contributed by atoms with E-state index in [0.717, 1.165) is 25.9 Å². The molecule has 0 spiro atoms. The van der Waals surface area contributed by atoms with Crippen LogP contribution in [0.5, 0.6) is 0 Å². The van der Waals surface area contributed by atoms with E-state index < -0.39 is 0 Å². The molecule has 33 heavy (non-hydrogen) atoms. The predicted octanol–water partition coefficient (Wildman–Crippen LogP) is 8.18. The van der Waals surface area contributed by atoms with Crippen molar-refractivity contribution in [2.45, 2.75) is 136 Å². The van der Waals surface area contributed by atoms with E-state index in [1.165, 1.54) is 116 Å². The van der Waals surface area contributed by atoms with E-state index in [2.05, 4.69) is 25.8 Å². The second kappa shape index (κ2) is 26.0. The van der Waals surface area contributed by atoms with Crippen molar-refractivity contribution in [2.75, 3.05) is 40.5 Å². The molecular formula is C29H59NO3. The van der Waals surface area contributed by atoms with Gasteiger partial charge < -0.3 is 14.4 Å². The minimum atomic E-state index is 0.0758. The molecule has 0 aliphatic rings. The van der Waals surface area contributed by atoms with Crippen LogP contribution < -0.4 is 0 Å². The van der Waals surface area contributed by atoms with E-state index in [-0.39, 0.29) is 11.9 Å². The lowest BCUT2D eigenvalue weighted by atomic mass is 9.94. The first-order valence-electron chi connectivity index (χ1n) is 14.5. The van der Waals surface area contributed by atoms with Gasteiger partial charge in [-0.25, -0.2) is 0 Å². The van der Waals surface area contributed by atoms with E-state index in [1.807, 2.05) is 0 Å². The van der Waals surface area contributed by atoms with Gasteiger partial charge in [-0.05, 0) is 58.7 Å². The number of methoxy groups -OCH3 is 1. The average molecular weight is 470 g/mol. The monoisotopic (exact) mass is 469 g/mol. The topological polar surface area (TPSA) is 38.8 Å². The van der Waals surface area contributed by atoms with Gasteiger partial charge in [0.15, 0.2) is 0 Å². The molecule has 0 heterocycles. The van der Waals surface area contributed by atoms with Gasteiger partial charge in [0.1, 0.15) is 0 Å². The molecule has 0 aromatic heterocycles. The molecule has 0 saturated heterocycles. The second-order valence-corrected chi connectivity index (χ2v) is 10.0. The highest BCUT2D eigenvalue weighted by Gasteiger charge is 2.19. The third-order valence-corrected chi connectivity index (χ3v) is 6.71. The van der Waals surface area contributed by atoms with E-state index in [9.17, 15) is 4.79 Å². The fraction of sp³-hybridized carbons (Fsp3) is 0.966. The zero-order chi connectivity index (χ0) is 24.4. The lowest BCUT2D eigenvalue weighted by molar-refractivity contribution is -0.149. The maximum absolute atomic E-state index is 12.6. The molecule has 198 valence electrons. The summed E-state index contributed by atoms with van der Waals surface area (Å²) >= 11 is 0. The van der Waals surface area contributed by atoms with Gasteiger partial charge in [0.25, 0.3) is 0 Å². The summed E-state index contributed by atoms with van der Waals surface area (Å²) in [5, 5.41) is 0. The van der Waals surface area contributed by atoms with Gasteiger partial charge in [-0.2, -0.15) is 0 Å². The van der Waals surface area contributed by atoms with Crippen molar-refractivity contribution in [3.8, 4) is 0 Å². The first-order chi connectivity index (χ1) is 16.2. The fourth-order valence-electron chi connectivity index (χ4n) is 4.41. The first-order valence-corrected chi connectivity index (χ1v) is 14.5. The first kappa shape index (κ1) is 32.4. The number of carbonyl (C=O) groups is 1. The van der Waals surface area contributed by atoms with Gasteiger partial charge >= 0.3 is 5.97 Å². The number of rotatable bonds is 26. The Kier molecular flexibility index (Phi) is 25.5. The van der Waals surface area contributed by atoms with Crippen molar-refractivity contribution < 1.29 is 14.3 Å². The maximum Gasteiger partial charge on any atom is 0.308 e. The predicted molar refractivity (Wildman–Crippen MR) is 143 cm³/mol. The Bertz CT molecular complexity index is 390. The molecule has 0 saturated carbocycles. The van der Waals surface area contributed by atoms with Crippen LogP contribution in [0, 0.1) is 5.92 Å².